The third kappa shape index (κ3) is 17.1. The molecule has 108 valence electrons. The molecule has 0 amide bonds. The summed E-state index contributed by atoms with van der Waals surface area (Å²) >= 11 is 11.5. The molecule has 0 saturated heterocycles. The summed E-state index contributed by atoms with van der Waals surface area (Å²) < 4.78 is 8.04. The van der Waals surface area contributed by atoms with Crippen molar-refractivity contribution in [3.05, 3.63) is 5.32 Å². The van der Waals surface area contributed by atoms with E-state index in [1.807, 2.05) is 13.8 Å². The second kappa shape index (κ2) is 9.89. The first-order valence-electron chi connectivity index (χ1n) is 5.91. The summed E-state index contributed by atoms with van der Waals surface area (Å²) in [6.45, 7) is 13.0. The zero-order valence-electron chi connectivity index (χ0n) is 12.2. The van der Waals surface area contributed by atoms with Gasteiger partial charge in [0.25, 0.3) is 0 Å². The van der Waals surface area contributed by atoms with Crippen LogP contribution in [0.15, 0.2) is 0 Å². The Morgan fingerprint density at radius 2 is 1.61 bits per heavy atom. The van der Waals surface area contributed by atoms with E-state index in [2.05, 4.69) is 38.0 Å². The Morgan fingerprint density at radius 1 is 1.17 bits per heavy atom. The molecular weight excluding hydrogens is 350 g/mol. The van der Waals surface area contributed by atoms with Crippen molar-refractivity contribution >= 4 is 25.3 Å². The first-order valence-corrected chi connectivity index (χ1v) is 7.48. The molecule has 0 rings (SSSR count). The minimum absolute atomic E-state index is 0.0637. The van der Waals surface area contributed by atoms with Crippen LogP contribution in [0.25, 0.3) is 5.32 Å². The van der Waals surface area contributed by atoms with E-state index in [9.17, 15) is 0 Å². The van der Waals surface area contributed by atoms with Gasteiger partial charge < -0.3 is 35.5 Å². The molecule has 0 aliphatic rings. The fourth-order valence-corrected chi connectivity index (χ4v) is 1.89. The molecule has 18 heavy (non-hydrogen) atoms. The molecule has 0 aromatic heterocycles. The van der Waals surface area contributed by atoms with Crippen molar-refractivity contribution in [2.45, 2.75) is 50.2 Å². The van der Waals surface area contributed by atoms with Crippen LogP contribution in [0.3, 0.4) is 0 Å². The average Bonchev–Trinajstić information content (AvgIpc) is 2.13. The summed E-state index contributed by atoms with van der Waals surface area (Å²) in [6, 6.07) is 0.324. The predicted molar refractivity (Wildman–Crippen MR) is 78.8 cm³/mol. The van der Waals surface area contributed by atoms with Crippen LogP contribution in [0.4, 0.5) is 0 Å². The Bertz CT molecular complexity index is 217. The number of hydrogen-bond donors (Lipinski definition) is 0. The van der Waals surface area contributed by atoms with Gasteiger partial charge in [0.05, 0.1) is 0 Å². The minimum atomic E-state index is -0.121. The average molecular weight is 375 g/mol. The van der Waals surface area contributed by atoms with Crippen LogP contribution in [0, 0.1) is 0 Å². The molecule has 0 heterocycles. The van der Waals surface area contributed by atoms with Gasteiger partial charge in [0, 0.05) is 0 Å². The number of rotatable bonds is 7. The molecule has 0 saturated carbocycles. The molecule has 0 aromatic rings. The standard InChI is InChI=1S/C12H27N2S2.O.Tc/c1-10(13-8-11(2,3)15)7-14(6)9-12(4,5)16;;/h10,15-16H,7-9H2,1-6H3;;/q-1;;+3/p-2. The van der Waals surface area contributed by atoms with Crippen LogP contribution < -0.4 is 0 Å². The predicted octanol–water partition coefficient (Wildman–Crippen LogP) is 2.21. The second-order valence-electron chi connectivity index (χ2n) is 5.91. The van der Waals surface area contributed by atoms with Gasteiger partial charge in [-0.25, -0.2) is 0 Å². The fraction of sp³-hybridized carbons (Fsp3) is 1.00. The quantitative estimate of drug-likeness (QED) is 0.639. The molecule has 1 atom stereocenters. The van der Waals surface area contributed by atoms with Crippen molar-refractivity contribution in [1.29, 1.82) is 0 Å². The summed E-state index contributed by atoms with van der Waals surface area (Å²) in [5, 5.41) is 4.59. The van der Waals surface area contributed by atoms with Crippen molar-refractivity contribution in [1.82, 2.24) is 4.90 Å². The second-order valence-corrected chi connectivity index (χ2v) is 8.12. The van der Waals surface area contributed by atoms with Crippen molar-refractivity contribution < 1.29 is 22.4 Å². The monoisotopic (exact) mass is 374 g/mol. The van der Waals surface area contributed by atoms with Crippen LogP contribution >= 0.6 is 0 Å². The molecule has 1 unspecified atom stereocenters. The number of likely N-dealkylation sites (N-methyl/N-ethyl adjacent to an activating group) is 1. The Balaban J connectivity index is 0. The summed E-state index contributed by atoms with van der Waals surface area (Å²) in [5.41, 5.74) is 0. The zero-order chi connectivity index (χ0) is 15.0. The van der Waals surface area contributed by atoms with E-state index in [0.717, 1.165) is 38.5 Å². The van der Waals surface area contributed by atoms with E-state index in [1.54, 1.807) is 0 Å². The van der Waals surface area contributed by atoms with Crippen LogP contribution in [-0.4, -0.2) is 47.1 Å². The maximum atomic E-state index is 8.22. The number of nitrogens with zero attached hydrogens (tertiary/aromatic N) is 2. The number of hydrogen-bond acceptors (Lipinski definition) is 4. The molecule has 0 aliphatic carbocycles. The molecule has 0 fully saturated rings. The summed E-state index contributed by atoms with van der Waals surface area (Å²) in [5.74, 6) is 0. The van der Waals surface area contributed by atoms with Crippen LogP contribution in [0.1, 0.15) is 34.6 Å². The Morgan fingerprint density at radius 3 is 1.94 bits per heavy atom. The van der Waals surface area contributed by atoms with Crippen molar-refractivity contribution in [2.24, 2.45) is 0 Å². The van der Waals surface area contributed by atoms with E-state index in [0.29, 0.717) is 6.04 Å². The topological polar surface area (TPSA) is 34.4 Å². The molecule has 0 spiro atoms. The molecule has 6 heteroatoms. The first-order chi connectivity index (χ1) is 7.99. The molecule has 0 bridgehead atoms. The van der Waals surface area contributed by atoms with E-state index in [1.165, 1.54) is 0 Å². The normalized spacial score (nSPS) is 14.0. The van der Waals surface area contributed by atoms with E-state index >= 15 is 0 Å². The third-order valence-electron chi connectivity index (χ3n) is 2.01. The van der Waals surface area contributed by atoms with Gasteiger partial charge in [-0.2, -0.15) is 11.3 Å². The Kier molecular flexibility index (Phi) is 11.7. The summed E-state index contributed by atoms with van der Waals surface area (Å²) in [7, 11) is 2.10. The molecule has 0 aliphatic heterocycles. The maximum absolute atomic E-state index is 8.22. The summed E-state index contributed by atoms with van der Waals surface area (Å²) in [6.07, 6.45) is 0. The van der Waals surface area contributed by atoms with Gasteiger partial charge in [0.15, 0.2) is 0 Å². The van der Waals surface area contributed by atoms with Crippen molar-refractivity contribution in [2.75, 3.05) is 26.7 Å². The van der Waals surface area contributed by atoms with Crippen LogP contribution in [0.5, 0.6) is 0 Å². The molecular formula is C12H25N2OS2Tc. The zero-order valence-corrected chi connectivity index (χ0v) is 15.7. The van der Waals surface area contributed by atoms with E-state index in [-0.39, 0.29) is 9.49 Å². The molecule has 0 radical (unpaired) electrons. The van der Waals surface area contributed by atoms with Gasteiger partial charge >= 0.3 is 22.4 Å². The van der Waals surface area contributed by atoms with E-state index in [4.69, 9.17) is 28.8 Å². The SMILES string of the molecule is CC(CN(C)CC(C)(C)[S-])[N-]CC(C)(C)[S-].[O]=[Tc+3]. The van der Waals surface area contributed by atoms with E-state index < -0.39 is 0 Å². The van der Waals surface area contributed by atoms with Gasteiger partial charge in [0.1, 0.15) is 0 Å². The Labute approximate surface area is 134 Å². The van der Waals surface area contributed by atoms with Crippen LogP contribution in [-0.2, 0) is 47.6 Å². The van der Waals surface area contributed by atoms with Crippen molar-refractivity contribution in [3.63, 3.8) is 0 Å². The third-order valence-corrected chi connectivity index (χ3v) is 2.27. The van der Waals surface area contributed by atoms with Gasteiger partial charge in [-0.05, 0) is 20.1 Å². The molecule has 0 aromatic carbocycles. The van der Waals surface area contributed by atoms with Gasteiger partial charge in [-0.3, -0.25) is 0 Å². The molecule has 0 N–H and O–H groups in total. The van der Waals surface area contributed by atoms with Gasteiger partial charge in [0.2, 0.25) is 0 Å². The van der Waals surface area contributed by atoms with Crippen LogP contribution in [0.2, 0.25) is 0 Å². The van der Waals surface area contributed by atoms with Gasteiger partial charge in [-0.1, -0.05) is 34.6 Å². The molecule has 3 nitrogen and oxygen atoms in total. The fourth-order valence-electron chi connectivity index (χ4n) is 1.60. The van der Waals surface area contributed by atoms with Crippen molar-refractivity contribution in [3.8, 4) is 0 Å². The Hall–Kier alpha value is 1.07. The first kappa shape index (κ1) is 21.4. The summed E-state index contributed by atoms with van der Waals surface area (Å²) in [4.78, 5) is 2.25. The van der Waals surface area contributed by atoms with Gasteiger partial charge in [-0.15, -0.1) is 10.8 Å².